The van der Waals surface area contributed by atoms with E-state index in [1.165, 1.54) is 0 Å². The highest BCUT2D eigenvalue weighted by atomic mass is 16.7. The second-order valence-electron chi connectivity index (χ2n) is 11.9. The molecule has 7 rings (SSSR count). The second kappa shape index (κ2) is 12.6. The first-order valence-corrected chi connectivity index (χ1v) is 15.7. The van der Waals surface area contributed by atoms with Crippen LogP contribution >= 0.6 is 0 Å². The fourth-order valence-electron chi connectivity index (χ4n) is 7.02. The zero-order valence-corrected chi connectivity index (χ0v) is 27.2. The van der Waals surface area contributed by atoms with Crippen LogP contribution in [-0.2, 0) is 24.4 Å². The van der Waals surface area contributed by atoms with Crippen molar-refractivity contribution < 1.29 is 33.2 Å². The summed E-state index contributed by atoms with van der Waals surface area (Å²) in [6.45, 7) is 4.79. The van der Waals surface area contributed by atoms with E-state index in [0.717, 1.165) is 44.6 Å². The van der Waals surface area contributed by atoms with Crippen LogP contribution in [0.3, 0.4) is 0 Å². The van der Waals surface area contributed by atoms with Gasteiger partial charge in [-0.3, -0.25) is 10.1 Å². The second-order valence-corrected chi connectivity index (χ2v) is 11.9. The monoisotopic (exact) mass is 634 g/mol. The minimum atomic E-state index is -0.466. The Labute approximate surface area is 274 Å². The number of benzene rings is 4. The molecule has 1 saturated heterocycles. The van der Waals surface area contributed by atoms with Gasteiger partial charge in [-0.1, -0.05) is 60.7 Å². The summed E-state index contributed by atoms with van der Waals surface area (Å²) in [4.78, 5) is 16.3. The summed E-state index contributed by atoms with van der Waals surface area (Å²) in [5.41, 5.74) is 7.01. The third-order valence-corrected chi connectivity index (χ3v) is 9.16. The highest BCUT2D eigenvalue weighted by Crippen LogP contribution is 2.52. The standard InChI is InChI=1S/C38H38N2O7/c1-22-33(45-20-25-14-10-7-11-15-25)26(17-30-35(22)47-21-46-30)16-29-32-31-27(34(42-3)23(2)36(43-4)37(31)44-5)18-28(39-32)38(41)40(29)19-24-12-8-6-9-13-24/h6-17,28,32,39H,18-21H2,1-5H3/b29-16+/t28-,32-/m0/s1. The maximum absolute atomic E-state index is 14.4. The van der Waals surface area contributed by atoms with E-state index in [1.807, 2.05) is 91.6 Å². The minimum Gasteiger partial charge on any atom is -0.496 e. The third kappa shape index (κ3) is 5.30. The van der Waals surface area contributed by atoms with E-state index in [0.29, 0.717) is 54.1 Å². The molecule has 0 radical (unpaired) electrons. The number of ether oxygens (including phenoxy) is 6. The number of fused-ring (bicyclic) bond motifs is 5. The van der Waals surface area contributed by atoms with E-state index < -0.39 is 12.1 Å². The lowest BCUT2D eigenvalue weighted by Crippen LogP contribution is -2.57. The van der Waals surface area contributed by atoms with Crippen molar-refractivity contribution in [1.82, 2.24) is 10.2 Å². The molecule has 0 spiro atoms. The van der Waals surface area contributed by atoms with Crippen molar-refractivity contribution in [3.63, 3.8) is 0 Å². The van der Waals surface area contributed by atoms with Gasteiger partial charge in [0.05, 0.1) is 40.0 Å². The van der Waals surface area contributed by atoms with E-state index in [1.54, 1.807) is 21.3 Å². The molecular formula is C38H38N2O7. The van der Waals surface area contributed by atoms with E-state index in [2.05, 4.69) is 5.32 Å². The van der Waals surface area contributed by atoms with Crippen LogP contribution in [0, 0.1) is 13.8 Å². The molecule has 2 bridgehead atoms. The maximum atomic E-state index is 14.4. The first-order valence-electron chi connectivity index (χ1n) is 15.7. The molecule has 2 atom stereocenters. The zero-order chi connectivity index (χ0) is 32.7. The van der Waals surface area contributed by atoms with Crippen molar-refractivity contribution in [3.8, 4) is 34.5 Å². The molecule has 1 fully saturated rings. The van der Waals surface area contributed by atoms with Gasteiger partial charge in [-0.05, 0) is 37.1 Å². The van der Waals surface area contributed by atoms with E-state index in [4.69, 9.17) is 28.4 Å². The van der Waals surface area contributed by atoms with Crippen LogP contribution in [-0.4, -0.2) is 45.0 Å². The molecule has 3 aliphatic rings. The molecule has 0 saturated carbocycles. The Hall–Kier alpha value is -5.15. The van der Waals surface area contributed by atoms with Crippen molar-refractivity contribution in [2.24, 2.45) is 0 Å². The summed E-state index contributed by atoms with van der Waals surface area (Å²) in [6, 6.07) is 21.1. The topological polar surface area (TPSA) is 87.7 Å². The Balaban J connectivity index is 1.44. The summed E-state index contributed by atoms with van der Waals surface area (Å²) in [7, 11) is 4.93. The lowest BCUT2D eigenvalue weighted by atomic mass is 9.81. The molecule has 4 aromatic rings. The predicted octanol–water partition coefficient (Wildman–Crippen LogP) is 6.28. The summed E-state index contributed by atoms with van der Waals surface area (Å²) < 4.78 is 36.2. The van der Waals surface area contributed by atoms with Crippen LogP contribution in [0.5, 0.6) is 34.5 Å². The van der Waals surface area contributed by atoms with Crippen LogP contribution in [0.1, 0.15) is 45.0 Å². The van der Waals surface area contributed by atoms with Gasteiger partial charge in [0.2, 0.25) is 12.7 Å². The summed E-state index contributed by atoms with van der Waals surface area (Å²) in [6.07, 6.45) is 2.47. The first-order chi connectivity index (χ1) is 22.9. The number of methoxy groups -OCH3 is 3. The SMILES string of the molecule is COc1c(C)c(OC)c(OC)c2c1C[C@@H]1N[C@H]2/C(=C\c2cc3c(c(C)c2OCc2ccccc2)OCO3)N(Cc2ccccc2)C1=O. The van der Waals surface area contributed by atoms with Crippen LogP contribution in [0.25, 0.3) is 6.08 Å². The van der Waals surface area contributed by atoms with Crippen LogP contribution in [0.2, 0.25) is 0 Å². The molecule has 4 aromatic carbocycles. The van der Waals surface area contributed by atoms with Crippen LogP contribution < -0.4 is 33.7 Å². The highest BCUT2D eigenvalue weighted by molar-refractivity contribution is 5.89. The lowest BCUT2D eigenvalue weighted by molar-refractivity contribution is -0.135. The van der Waals surface area contributed by atoms with Gasteiger partial charge in [0, 0.05) is 39.9 Å². The van der Waals surface area contributed by atoms with Crippen molar-refractivity contribution in [3.05, 3.63) is 111 Å². The molecule has 3 aliphatic heterocycles. The normalized spacial score (nSPS) is 18.6. The van der Waals surface area contributed by atoms with Crippen molar-refractivity contribution >= 4 is 12.0 Å². The molecule has 1 amide bonds. The number of carbonyl (C=O) groups excluding carboxylic acids is 1. The molecule has 9 nitrogen and oxygen atoms in total. The third-order valence-electron chi connectivity index (χ3n) is 9.16. The van der Waals surface area contributed by atoms with E-state index >= 15 is 0 Å². The Kier molecular flexibility index (Phi) is 8.15. The van der Waals surface area contributed by atoms with E-state index in [9.17, 15) is 4.79 Å². The molecule has 47 heavy (non-hydrogen) atoms. The largest absolute Gasteiger partial charge is 0.496 e. The molecule has 0 aromatic heterocycles. The summed E-state index contributed by atoms with van der Waals surface area (Å²) in [5.74, 6) is 3.82. The predicted molar refractivity (Wildman–Crippen MR) is 177 cm³/mol. The number of amides is 1. The molecule has 1 N–H and O–H groups in total. The maximum Gasteiger partial charge on any atom is 0.244 e. The number of nitrogens with zero attached hydrogens (tertiary/aromatic N) is 1. The van der Waals surface area contributed by atoms with Crippen molar-refractivity contribution in [2.45, 2.75) is 45.5 Å². The number of nitrogens with one attached hydrogen (secondary N) is 1. The van der Waals surface area contributed by atoms with Gasteiger partial charge >= 0.3 is 0 Å². The van der Waals surface area contributed by atoms with Gasteiger partial charge in [-0.15, -0.1) is 0 Å². The quantitative estimate of drug-likeness (QED) is 0.230. The summed E-state index contributed by atoms with van der Waals surface area (Å²) in [5, 5.41) is 3.64. The fraction of sp³-hybridized carbons (Fsp3) is 0.289. The number of hydrogen-bond acceptors (Lipinski definition) is 8. The summed E-state index contributed by atoms with van der Waals surface area (Å²) >= 11 is 0. The average molecular weight is 635 g/mol. The van der Waals surface area contributed by atoms with Gasteiger partial charge < -0.3 is 33.3 Å². The Morgan fingerprint density at radius 2 is 1.53 bits per heavy atom. The minimum absolute atomic E-state index is 0.0271. The zero-order valence-electron chi connectivity index (χ0n) is 27.2. The highest BCUT2D eigenvalue weighted by Gasteiger charge is 2.46. The van der Waals surface area contributed by atoms with Crippen molar-refractivity contribution in [2.75, 3.05) is 28.1 Å². The Morgan fingerprint density at radius 3 is 2.21 bits per heavy atom. The number of carbonyl (C=O) groups is 1. The molecular weight excluding hydrogens is 596 g/mol. The average Bonchev–Trinajstić information content (AvgIpc) is 3.57. The molecule has 3 heterocycles. The smallest absolute Gasteiger partial charge is 0.244 e. The molecule has 242 valence electrons. The van der Waals surface area contributed by atoms with Gasteiger partial charge in [-0.2, -0.15) is 0 Å². The van der Waals surface area contributed by atoms with Gasteiger partial charge in [0.15, 0.2) is 23.0 Å². The van der Waals surface area contributed by atoms with E-state index in [-0.39, 0.29) is 12.7 Å². The Morgan fingerprint density at radius 1 is 0.851 bits per heavy atom. The number of rotatable bonds is 9. The first kappa shape index (κ1) is 30.5. The molecule has 0 aliphatic carbocycles. The fourth-order valence-corrected chi connectivity index (χ4v) is 7.02. The van der Waals surface area contributed by atoms with Crippen LogP contribution in [0.15, 0.2) is 72.4 Å². The Bertz CT molecular complexity index is 1860. The lowest BCUT2D eigenvalue weighted by Gasteiger charge is -2.45. The number of hydrogen-bond donors (Lipinski definition) is 1. The molecule has 0 unspecified atom stereocenters. The molecule has 9 heteroatoms. The number of piperazine rings is 1. The van der Waals surface area contributed by atoms with Gasteiger partial charge in [0.1, 0.15) is 18.1 Å². The van der Waals surface area contributed by atoms with Gasteiger partial charge in [-0.25, -0.2) is 0 Å². The van der Waals surface area contributed by atoms with Crippen LogP contribution in [0.4, 0.5) is 0 Å². The van der Waals surface area contributed by atoms with Crippen molar-refractivity contribution in [1.29, 1.82) is 0 Å². The van der Waals surface area contributed by atoms with Gasteiger partial charge in [0.25, 0.3) is 0 Å².